The van der Waals surface area contributed by atoms with Crippen molar-refractivity contribution in [2.75, 3.05) is 5.88 Å². The molecule has 0 atom stereocenters. The molecule has 0 heterocycles. The monoisotopic (exact) mass is 298 g/mol. The van der Waals surface area contributed by atoms with Gasteiger partial charge in [0.25, 0.3) is 0 Å². The Labute approximate surface area is 122 Å². The lowest BCUT2D eigenvalue weighted by atomic mass is 10.0. The molecule has 2 aromatic rings. The summed E-state index contributed by atoms with van der Waals surface area (Å²) in [6, 6.07) is 14.1. The predicted molar refractivity (Wildman–Crippen MR) is 80.1 cm³/mol. The zero-order valence-corrected chi connectivity index (χ0v) is 12.1. The van der Waals surface area contributed by atoms with Gasteiger partial charge in [-0.1, -0.05) is 59.6 Å². The summed E-state index contributed by atoms with van der Waals surface area (Å²) in [7, 11) is 0. The van der Waals surface area contributed by atoms with E-state index in [2.05, 4.69) is 24.3 Å². The average molecular weight is 300 g/mol. The Morgan fingerprint density at radius 3 is 2.39 bits per heavy atom. The summed E-state index contributed by atoms with van der Waals surface area (Å²) in [6.45, 7) is 0. The second kappa shape index (κ2) is 6.47. The molecule has 0 aromatic heterocycles. The van der Waals surface area contributed by atoms with Gasteiger partial charge in [0, 0.05) is 5.88 Å². The molecule has 0 saturated heterocycles. The maximum absolute atomic E-state index is 6.19. The van der Waals surface area contributed by atoms with Crippen molar-refractivity contribution in [3.05, 3.63) is 69.2 Å². The highest BCUT2D eigenvalue weighted by Crippen LogP contribution is 2.27. The van der Waals surface area contributed by atoms with Crippen LogP contribution < -0.4 is 0 Å². The van der Waals surface area contributed by atoms with Gasteiger partial charge in [0.15, 0.2) is 0 Å². The Hall–Kier alpha value is -0.690. The third-order valence-corrected chi connectivity index (χ3v) is 3.85. The molecule has 2 rings (SSSR count). The molecule has 0 aliphatic heterocycles. The van der Waals surface area contributed by atoms with E-state index in [1.54, 1.807) is 6.07 Å². The maximum Gasteiger partial charge on any atom is 0.0627 e. The quantitative estimate of drug-likeness (QED) is 0.666. The van der Waals surface area contributed by atoms with Gasteiger partial charge in [0.2, 0.25) is 0 Å². The molecule has 0 aliphatic rings. The summed E-state index contributed by atoms with van der Waals surface area (Å²) in [4.78, 5) is 0. The first-order valence-electron chi connectivity index (χ1n) is 5.77. The van der Waals surface area contributed by atoms with Crippen molar-refractivity contribution in [3.63, 3.8) is 0 Å². The smallest absolute Gasteiger partial charge is 0.0627 e. The minimum absolute atomic E-state index is 0.603. The first-order chi connectivity index (χ1) is 8.70. The topological polar surface area (TPSA) is 0 Å². The van der Waals surface area contributed by atoms with E-state index in [1.807, 2.05) is 12.1 Å². The van der Waals surface area contributed by atoms with Crippen LogP contribution in [0.2, 0.25) is 10.0 Å². The number of hydrogen-bond acceptors (Lipinski definition) is 0. The summed E-state index contributed by atoms with van der Waals surface area (Å²) < 4.78 is 0. The lowest BCUT2D eigenvalue weighted by molar-refractivity contribution is 1.11. The van der Waals surface area contributed by atoms with Gasteiger partial charge in [0.05, 0.1) is 10.0 Å². The Bertz CT molecular complexity index is 535. The molecule has 0 aliphatic carbocycles. The second-order valence-electron chi connectivity index (χ2n) is 4.15. The van der Waals surface area contributed by atoms with Crippen LogP contribution in [0.15, 0.2) is 42.5 Å². The van der Waals surface area contributed by atoms with Crippen molar-refractivity contribution in [3.8, 4) is 0 Å². The van der Waals surface area contributed by atoms with Gasteiger partial charge in [-0.3, -0.25) is 0 Å². The van der Waals surface area contributed by atoms with Crippen LogP contribution in [-0.4, -0.2) is 5.88 Å². The zero-order valence-electron chi connectivity index (χ0n) is 9.80. The summed E-state index contributed by atoms with van der Waals surface area (Å²) in [5.74, 6) is 0.640. The van der Waals surface area contributed by atoms with Crippen molar-refractivity contribution in [1.29, 1.82) is 0 Å². The predicted octanol–water partition coefficient (Wildman–Crippen LogP) is 5.37. The van der Waals surface area contributed by atoms with Crippen LogP contribution in [-0.2, 0) is 12.8 Å². The molecule has 0 nitrogen and oxygen atoms in total. The highest BCUT2D eigenvalue weighted by atomic mass is 35.5. The third kappa shape index (κ3) is 3.41. The molecule has 0 spiro atoms. The van der Waals surface area contributed by atoms with Crippen molar-refractivity contribution in [1.82, 2.24) is 0 Å². The van der Waals surface area contributed by atoms with E-state index in [0.717, 1.165) is 18.4 Å². The fourth-order valence-electron chi connectivity index (χ4n) is 1.91. The van der Waals surface area contributed by atoms with Gasteiger partial charge in [-0.05, 0) is 35.6 Å². The zero-order chi connectivity index (χ0) is 13.0. The molecule has 0 radical (unpaired) electrons. The molecular weight excluding hydrogens is 287 g/mol. The lowest BCUT2D eigenvalue weighted by Crippen LogP contribution is -1.93. The highest BCUT2D eigenvalue weighted by Gasteiger charge is 2.05. The molecule has 18 heavy (non-hydrogen) atoms. The number of rotatable bonds is 4. The van der Waals surface area contributed by atoms with E-state index in [0.29, 0.717) is 15.9 Å². The van der Waals surface area contributed by atoms with Crippen LogP contribution in [0.5, 0.6) is 0 Å². The van der Waals surface area contributed by atoms with Gasteiger partial charge in [-0.2, -0.15) is 0 Å². The number of halogens is 3. The second-order valence-corrected chi connectivity index (χ2v) is 5.31. The fraction of sp³-hybridized carbons (Fsp3) is 0.200. The molecule has 2 aromatic carbocycles. The molecule has 0 fully saturated rings. The summed E-state index contributed by atoms with van der Waals surface area (Å²) in [5, 5.41) is 1.24. The van der Waals surface area contributed by atoms with E-state index < -0.39 is 0 Å². The number of hydrogen-bond donors (Lipinski definition) is 0. The van der Waals surface area contributed by atoms with Gasteiger partial charge in [-0.25, -0.2) is 0 Å². The average Bonchev–Trinajstić information content (AvgIpc) is 2.36. The highest BCUT2D eigenvalue weighted by molar-refractivity contribution is 6.42. The van der Waals surface area contributed by atoms with Gasteiger partial charge in [0.1, 0.15) is 0 Å². The minimum atomic E-state index is 0.603. The fourth-order valence-corrected chi connectivity index (χ4v) is 2.51. The molecule has 0 bridgehead atoms. The first-order valence-corrected chi connectivity index (χ1v) is 7.06. The molecule has 3 heteroatoms. The van der Waals surface area contributed by atoms with Crippen molar-refractivity contribution in [2.45, 2.75) is 12.8 Å². The van der Waals surface area contributed by atoms with Crippen LogP contribution in [0.25, 0.3) is 0 Å². The molecule has 0 saturated carbocycles. The summed E-state index contributed by atoms with van der Waals surface area (Å²) in [5.41, 5.74) is 3.52. The van der Waals surface area contributed by atoms with Gasteiger partial charge >= 0.3 is 0 Å². The van der Waals surface area contributed by atoms with Gasteiger partial charge in [-0.15, -0.1) is 11.6 Å². The van der Waals surface area contributed by atoms with Crippen LogP contribution >= 0.6 is 34.8 Å². The molecule has 0 unspecified atom stereocenters. The van der Waals surface area contributed by atoms with Crippen molar-refractivity contribution < 1.29 is 0 Å². The number of alkyl halides is 1. The first kappa shape index (κ1) is 13.7. The van der Waals surface area contributed by atoms with Crippen LogP contribution in [0, 0.1) is 0 Å². The maximum atomic E-state index is 6.19. The third-order valence-electron chi connectivity index (χ3n) is 2.80. The van der Waals surface area contributed by atoms with Crippen molar-refractivity contribution in [2.24, 2.45) is 0 Å². The van der Waals surface area contributed by atoms with Crippen molar-refractivity contribution >= 4 is 34.8 Å². The Morgan fingerprint density at radius 2 is 1.61 bits per heavy atom. The van der Waals surface area contributed by atoms with E-state index in [9.17, 15) is 0 Å². The number of benzene rings is 2. The Balaban J connectivity index is 2.23. The largest absolute Gasteiger partial charge is 0.126 e. The van der Waals surface area contributed by atoms with Crippen LogP contribution in [0.1, 0.15) is 16.7 Å². The Kier molecular flexibility index (Phi) is 4.94. The normalized spacial score (nSPS) is 10.6. The van der Waals surface area contributed by atoms with E-state index in [1.165, 1.54) is 11.1 Å². The van der Waals surface area contributed by atoms with Crippen LogP contribution in [0.3, 0.4) is 0 Å². The summed E-state index contributed by atoms with van der Waals surface area (Å²) in [6.07, 6.45) is 1.67. The molecule has 0 amide bonds. The molecular formula is C15H13Cl3. The molecule has 0 N–H and O–H groups in total. The molecule has 94 valence electrons. The number of aryl methyl sites for hydroxylation is 1. The minimum Gasteiger partial charge on any atom is -0.126 e. The van der Waals surface area contributed by atoms with E-state index in [-0.39, 0.29) is 0 Å². The lowest BCUT2D eigenvalue weighted by Gasteiger charge is -2.07. The van der Waals surface area contributed by atoms with Crippen LogP contribution in [0.4, 0.5) is 0 Å². The standard InChI is InChI=1S/C15H13Cl3/c16-8-7-11-3-1-4-12(9-11)10-13-5-2-6-14(17)15(13)18/h1-6,9H,7-8,10H2. The summed E-state index contributed by atoms with van der Waals surface area (Å²) >= 11 is 18.0. The van der Waals surface area contributed by atoms with E-state index in [4.69, 9.17) is 34.8 Å². The SMILES string of the molecule is ClCCc1cccc(Cc2cccc(Cl)c2Cl)c1. The van der Waals surface area contributed by atoms with Gasteiger partial charge < -0.3 is 0 Å². The van der Waals surface area contributed by atoms with E-state index >= 15 is 0 Å². The Morgan fingerprint density at radius 1 is 0.889 bits per heavy atom.